The van der Waals surface area contributed by atoms with E-state index in [1.807, 2.05) is 60.7 Å². The first-order valence-corrected chi connectivity index (χ1v) is 14.3. The lowest BCUT2D eigenvalue weighted by Crippen LogP contribution is -2.25. The molecule has 4 rings (SSSR count). The molecular formula is C33H38ClN3O2. The first kappa shape index (κ1) is 28.6. The third-order valence-corrected chi connectivity index (χ3v) is 6.91. The van der Waals surface area contributed by atoms with Gasteiger partial charge in [-0.2, -0.15) is 0 Å². The zero-order valence-corrected chi connectivity index (χ0v) is 24.0. The van der Waals surface area contributed by atoms with Gasteiger partial charge in [-0.05, 0) is 111 Å². The van der Waals surface area contributed by atoms with Crippen LogP contribution in [0.2, 0.25) is 5.02 Å². The van der Waals surface area contributed by atoms with Gasteiger partial charge in [-0.15, -0.1) is 0 Å². The van der Waals surface area contributed by atoms with Crippen LogP contribution in [0.5, 0.6) is 17.2 Å². The van der Waals surface area contributed by atoms with Gasteiger partial charge in [0.05, 0.1) is 12.3 Å². The van der Waals surface area contributed by atoms with Gasteiger partial charge in [0.15, 0.2) is 5.82 Å². The van der Waals surface area contributed by atoms with Crippen molar-refractivity contribution in [1.29, 1.82) is 0 Å². The summed E-state index contributed by atoms with van der Waals surface area (Å²) in [6.07, 6.45) is 4.14. The monoisotopic (exact) mass is 543 g/mol. The maximum absolute atomic E-state index is 5.99. The molecule has 6 heteroatoms. The number of halogens is 1. The van der Waals surface area contributed by atoms with Gasteiger partial charge in [0.25, 0.3) is 0 Å². The van der Waals surface area contributed by atoms with Crippen molar-refractivity contribution in [3.05, 3.63) is 89.6 Å². The van der Waals surface area contributed by atoms with Gasteiger partial charge in [0, 0.05) is 28.4 Å². The molecule has 1 heterocycles. The van der Waals surface area contributed by atoms with Crippen molar-refractivity contribution >= 4 is 11.6 Å². The molecule has 4 aromatic rings. The van der Waals surface area contributed by atoms with E-state index in [0.717, 1.165) is 85.1 Å². The number of ether oxygens (including phenoxy) is 2. The number of nitrogens with zero attached hydrogens (tertiary/aromatic N) is 3. The summed E-state index contributed by atoms with van der Waals surface area (Å²) in [5.74, 6) is 3.09. The van der Waals surface area contributed by atoms with Gasteiger partial charge >= 0.3 is 0 Å². The quantitative estimate of drug-likeness (QED) is 0.149. The van der Waals surface area contributed by atoms with E-state index in [0.29, 0.717) is 17.5 Å². The summed E-state index contributed by atoms with van der Waals surface area (Å²) in [5.41, 5.74) is 3.97. The minimum Gasteiger partial charge on any atom is -0.494 e. The zero-order valence-electron chi connectivity index (χ0n) is 23.2. The Morgan fingerprint density at radius 2 is 1.33 bits per heavy atom. The molecule has 0 bridgehead atoms. The van der Waals surface area contributed by atoms with Gasteiger partial charge in [-0.3, -0.25) is 0 Å². The van der Waals surface area contributed by atoms with Crippen LogP contribution in [-0.4, -0.2) is 41.1 Å². The highest BCUT2D eigenvalue weighted by molar-refractivity contribution is 6.30. The molecular weight excluding hydrogens is 506 g/mol. The topological polar surface area (TPSA) is 47.5 Å². The molecule has 0 aliphatic heterocycles. The highest BCUT2D eigenvalue weighted by Crippen LogP contribution is 2.28. The third-order valence-electron chi connectivity index (χ3n) is 6.66. The molecule has 39 heavy (non-hydrogen) atoms. The molecule has 0 atom stereocenters. The lowest BCUT2D eigenvalue weighted by molar-refractivity contribution is 0.249. The van der Waals surface area contributed by atoms with Gasteiger partial charge in [-0.1, -0.05) is 38.8 Å². The van der Waals surface area contributed by atoms with E-state index < -0.39 is 0 Å². The van der Waals surface area contributed by atoms with Gasteiger partial charge in [-0.25, -0.2) is 9.97 Å². The average Bonchev–Trinajstić information content (AvgIpc) is 2.98. The van der Waals surface area contributed by atoms with E-state index in [1.165, 1.54) is 0 Å². The van der Waals surface area contributed by atoms with Gasteiger partial charge in [0.1, 0.15) is 17.2 Å². The van der Waals surface area contributed by atoms with E-state index in [9.17, 15) is 0 Å². The second-order valence-corrected chi connectivity index (χ2v) is 9.94. The van der Waals surface area contributed by atoms with Crippen LogP contribution in [0, 0.1) is 0 Å². The smallest absolute Gasteiger partial charge is 0.160 e. The number of hydrogen-bond acceptors (Lipinski definition) is 5. The lowest BCUT2D eigenvalue weighted by atomic mass is 10.1. The summed E-state index contributed by atoms with van der Waals surface area (Å²) < 4.78 is 11.9. The highest BCUT2D eigenvalue weighted by Gasteiger charge is 2.10. The van der Waals surface area contributed by atoms with E-state index in [-0.39, 0.29) is 0 Å². The molecule has 0 saturated heterocycles. The fourth-order valence-corrected chi connectivity index (χ4v) is 4.44. The predicted octanol–water partition coefficient (Wildman–Crippen LogP) is 8.71. The molecule has 0 radical (unpaired) electrons. The Morgan fingerprint density at radius 1 is 0.718 bits per heavy atom. The summed E-state index contributed by atoms with van der Waals surface area (Å²) in [5, 5.41) is 0.682. The summed E-state index contributed by atoms with van der Waals surface area (Å²) in [7, 11) is 0. The molecule has 0 saturated carbocycles. The Balaban J connectivity index is 1.48. The normalized spacial score (nSPS) is 11.1. The SMILES string of the molecule is CCCCc1cc(-c2ccc(OCCCN(CC)CC)cc2)nc(-c2ccc(Oc3ccc(Cl)cc3)cc2)n1. The molecule has 0 aliphatic rings. The summed E-state index contributed by atoms with van der Waals surface area (Å²) >= 11 is 5.98. The molecule has 3 aromatic carbocycles. The zero-order chi connectivity index (χ0) is 27.5. The molecule has 0 fully saturated rings. The number of unbranched alkanes of at least 4 members (excludes halogenated alkanes) is 1. The maximum Gasteiger partial charge on any atom is 0.160 e. The molecule has 204 valence electrons. The number of rotatable bonds is 14. The van der Waals surface area contributed by atoms with Crippen LogP contribution in [-0.2, 0) is 6.42 Å². The van der Waals surface area contributed by atoms with Crippen molar-refractivity contribution in [1.82, 2.24) is 14.9 Å². The van der Waals surface area contributed by atoms with Crippen LogP contribution in [0.1, 0.15) is 45.7 Å². The Kier molecular flexibility index (Phi) is 10.8. The van der Waals surface area contributed by atoms with Crippen molar-refractivity contribution in [3.8, 4) is 39.9 Å². The Morgan fingerprint density at radius 3 is 1.97 bits per heavy atom. The van der Waals surface area contributed by atoms with Crippen molar-refractivity contribution in [2.24, 2.45) is 0 Å². The largest absolute Gasteiger partial charge is 0.494 e. The summed E-state index contributed by atoms with van der Waals surface area (Å²) in [6.45, 7) is 10.5. The van der Waals surface area contributed by atoms with Crippen molar-refractivity contribution < 1.29 is 9.47 Å². The second-order valence-electron chi connectivity index (χ2n) is 9.51. The second kappa shape index (κ2) is 14.7. The molecule has 5 nitrogen and oxygen atoms in total. The number of benzene rings is 3. The van der Waals surface area contributed by atoms with Crippen LogP contribution in [0.3, 0.4) is 0 Å². The summed E-state index contributed by atoms with van der Waals surface area (Å²) in [6, 6.07) is 25.6. The summed E-state index contributed by atoms with van der Waals surface area (Å²) in [4.78, 5) is 12.2. The minimum atomic E-state index is 0.682. The average molecular weight is 544 g/mol. The molecule has 1 aromatic heterocycles. The highest BCUT2D eigenvalue weighted by atomic mass is 35.5. The fourth-order valence-electron chi connectivity index (χ4n) is 4.31. The minimum absolute atomic E-state index is 0.682. The van der Waals surface area contributed by atoms with Crippen molar-refractivity contribution in [2.45, 2.75) is 46.5 Å². The van der Waals surface area contributed by atoms with E-state index in [4.69, 9.17) is 31.0 Å². The standard InChI is InChI=1S/C33H38ClN3O2/c1-4-7-9-28-24-32(25-10-16-29(17-11-25)38-23-8-22-37(5-2)6-3)36-33(35-28)26-12-18-30(19-13-26)39-31-20-14-27(34)15-21-31/h10-21,24H,4-9,22-23H2,1-3H3. The molecule has 0 spiro atoms. The van der Waals surface area contributed by atoms with E-state index >= 15 is 0 Å². The lowest BCUT2D eigenvalue weighted by Gasteiger charge is -2.17. The molecule has 0 unspecified atom stereocenters. The fraction of sp³-hybridized carbons (Fsp3) is 0.333. The van der Waals surface area contributed by atoms with Crippen LogP contribution in [0.15, 0.2) is 78.9 Å². The Bertz CT molecular complexity index is 1290. The van der Waals surface area contributed by atoms with Crippen molar-refractivity contribution in [3.63, 3.8) is 0 Å². The van der Waals surface area contributed by atoms with Gasteiger partial charge in [0.2, 0.25) is 0 Å². The van der Waals surface area contributed by atoms with Crippen LogP contribution in [0.25, 0.3) is 22.6 Å². The van der Waals surface area contributed by atoms with E-state index in [2.05, 4.69) is 43.9 Å². The number of aromatic nitrogens is 2. The van der Waals surface area contributed by atoms with Gasteiger partial charge < -0.3 is 14.4 Å². The molecule has 0 N–H and O–H groups in total. The molecule has 0 aliphatic carbocycles. The molecule has 0 amide bonds. The van der Waals surface area contributed by atoms with Crippen LogP contribution >= 0.6 is 11.6 Å². The first-order chi connectivity index (χ1) is 19.1. The first-order valence-electron chi connectivity index (χ1n) is 13.9. The number of hydrogen-bond donors (Lipinski definition) is 0. The van der Waals surface area contributed by atoms with Crippen molar-refractivity contribution in [2.75, 3.05) is 26.2 Å². The maximum atomic E-state index is 5.99. The van der Waals surface area contributed by atoms with Crippen LogP contribution < -0.4 is 9.47 Å². The predicted molar refractivity (Wildman–Crippen MR) is 161 cm³/mol. The van der Waals surface area contributed by atoms with Crippen LogP contribution in [0.4, 0.5) is 0 Å². The number of aryl methyl sites for hydroxylation is 1. The Labute approximate surface area is 237 Å². The Hall–Kier alpha value is -3.41. The third kappa shape index (κ3) is 8.54. The van der Waals surface area contributed by atoms with E-state index in [1.54, 1.807) is 0 Å².